The molecule has 24 heavy (non-hydrogen) atoms. The van der Waals surface area contributed by atoms with Crippen LogP contribution in [0.3, 0.4) is 0 Å². The second kappa shape index (κ2) is 7.10. The molecule has 1 aromatic carbocycles. The maximum atomic E-state index is 11.2. The summed E-state index contributed by atoms with van der Waals surface area (Å²) < 4.78 is 8.49. The first-order chi connectivity index (χ1) is 11.7. The van der Waals surface area contributed by atoms with Gasteiger partial charge in [-0.15, -0.1) is 0 Å². The number of carboxylic acid groups (broad SMARTS) is 1. The molecule has 0 atom stereocenters. The second-order valence-electron chi connectivity index (χ2n) is 5.45. The van der Waals surface area contributed by atoms with Crippen molar-refractivity contribution in [3.05, 3.63) is 71.3 Å². The van der Waals surface area contributed by atoms with Crippen LogP contribution in [0.1, 0.15) is 27.2 Å². The second-order valence-corrected chi connectivity index (χ2v) is 5.45. The van der Waals surface area contributed by atoms with Gasteiger partial charge >= 0.3 is 5.97 Å². The smallest absolute Gasteiger partial charge is 0.339 e. The molecule has 3 aromatic rings. The molecular weight excluding hydrogens is 308 g/mol. The van der Waals surface area contributed by atoms with Crippen molar-refractivity contribution >= 4 is 5.97 Å². The summed E-state index contributed by atoms with van der Waals surface area (Å²) in [6.45, 7) is 1.40. The van der Waals surface area contributed by atoms with Crippen molar-refractivity contribution in [1.82, 2.24) is 19.6 Å². The van der Waals surface area contributed by atoms with Crippen molar-refractivity contribution in [3.8, 4) is 0 Å². The first-order valence-electron chi connectivity index (χ1n) is 7.49. The molecule has 0 aliphatic rings. The van der Waals surface area contributed by atoms with E-state index < -0.39 is 5.97 Å². The van der Waals surface area contributed by atoms with Gasteiger partial charge in [0.05, 0.1) is 19.7 Å². The van der Waals surface area contributed by atoms with E-state index in [1.807, 2.05) is 41.2 Å². The van der Waals surface area contributed by atoms with Crippen LogP contribution in [0.5, 0.6) is 0 Å². The zero-order chi connectivity index (χ0) is 16.9. The molecule has 0 saturated heterocycles. The van der Waals surface area contributed by atoms with Crippen LogP contribution in [0.15, 0.2) is 48.9 Å². The van der Waals surface area contributed by atoms with E-state index in [4.69, 9.17) is 4.74 Å². The molecule has 0 amide bonds. The summed E-state index contributed by atoms with van der Waals surface area (Å²) >= 11 is 0. The number of aromatic nitrogens is 4. The molecule has 0 aliphatic carbocycles. The van der Waals surface area contributed by atoms with Crippen molar-refractivity contribution < 1.29 is 14.6 Å². The Labute approximate surface area is 139 Å². The Hall–Kier alpha value is -2.93. The van der Waals surface area contributed by atoms with Crippen LogP contribution in [-0.4, -0.2) is 37.7 Å². The summed E-state index contributed by atoms with van der Waals surface area (Å²) in [5, 5.41) is 17.7. The highest BCUT2D eigenvalue weighted by Gasteiger charge is 2.15. The van der Waals surface area contributed by atoms with Gasteiger partial charge in [-0.2, -0.15) is 10.2 Å². The Morgan fingerprint density at radius 1 is 1.17 bits per heavy atom. The molecule has 124 valence electrons. The normalized spacial score (nSPS) is 10.9. The lowest BCUT2D eigenvalue weighted by Crippen LogP contribution is -2.03. The van der Waals surface area contributed by atoms with E-state index in [9.17, 15) is 9.90 Å². The van der Waals surface area contributed by atoms with Crippen LogP contribution in [0.25, 0.3) is 0 Å². The number of carbonyl (C=O) groups is 1. The number of benzene rings is 1. The predicted octanol–water partition coefficient (Wildman–Crippen LogP) is 2.02. The topological polar surface area (TPSA) is 82.2 Å². The lowest BCUT2D eigenvalue weighted by Gasteiger charge is -2.05. The van der Waals surface area contributed by atoms with Gasteiger partial charge in [0.25, 0.3) is 0 Å². The van der Waals surface area contributed by atoms with Crippen molar-refractivity contribution in [3.63, 3.8) is 0 Å². The third-order valence-electron chi connectivity index (χ3n) is 3.62. The average molecular weight is 326 g/mol. The lowest BCUT2D eigenvalue weighted by molar-refractivity contribution is 0.0691. The predicted molar refractivity (Wildman–Crippen MR) is 86.8 cm³/mol. The van der Waals surface area contributed by atoms with Crippen molar-refractivity contribution in [2.75, 3.05) is 7.11 Å². The van der Waals surface area contributed by atoms with Gasteiger partial charge in [0.15, 0.2) is 0 Å². The standard InChI is InChI=1S/C17H18N4O3/c1-24-12-16-15(17(22)23)11-21(19-16)10-14-5-3-13(4-6-14)9-20-8-2-7-18-20/h2-8,11H,9-10,12H2,1H3,(H,22,23). The molecule has 3 rings (SSSR count). The van der Waals surface area contributed by atoms with Crippen molar-refractivity contribution in [2.45, 2.75) is 19.7 Å². The number of rotatable bonds is 7. The highest BCUT2D eigenvalue weighted by atomic mass is 16.5. The van der Waals surface area contributed by atoms with Crippen LogP contribution in [0.4, 0.5) is 0 Å². The van der Waals surface area contributed by atoms with E-state index in [1.165, 1.54) is 13.3 Å². The average Bonchev–Trinajstić information content (AvgIpc) is 3.20. The van der Waals surface area contributed by atoms with Crippen LogP contribution < -0.4 is 0 Å². The summed E-state index contributed by atoms with van der Waals surface area (Å²) in [6, 6.07) is 9.99. The van der Waals surface area contributed by atoms with E-state index >= 15 is 0 Å². The minimum absolute atomic E-state index is 0.173. The first-order valence-corrected chi connectivity index (χ1v) is 7.49. The molecule has 7 heteroatoms. The largest absolute Gasteiger partial charge is 0.478 e. The molecule has 0 saturated carbocycles. The quantitative estimate of drug-likeness (QED) is 0.718. The fourth-order valence-electron chi connectivity index (χ4n) is 2.48. The number of carboxylic acids is 1. The summed E-state index contributed by atoms with van der Waals surface area (Å²) in [6.07, 6.45) is 5.21. The molecule has 2 aromatic heterocycles. The molecule has 0 unspecified atom stereocenters. The Morgan fingerprint density at radius 2 is 1.83 bits per heavy atom. The Bertz CT molecular complexity index is 807. The summed E-state index contributed by atoms with van der Waals surface area (Å²) in [4.78, 5) is 11.2. The van der Waals surface area contributed by atoms with E-state index in [2.05, 4.69) is 10.2 Å². The first kappa shape index (κ1) is 15.9. The minimum Gasteiger partial charge on any atom is -0.478 e. The maximum absolute atomic E-state index is 11.2. The number of aromatic carboxylic acids is 1. The van der Waals surface area contributed by atoms with E-state index in [0.717, 1.165) is 17.7 Å². The molecule has 7 nitrogen and oxygen atoms in total. The minimum atomic E-state index is -0.997. The highest BCUT2D eigenvalue weighted by molar-refractivity contribution is 5.88. The van der Waals surface area contributed by atoms with E-state index in [1.54, 1.807) is 10.9 Å². The number of nitrogens with zero attached hydrogens (tertiary/aromatic N) is 4. The molecule has 0 aliphatic heterocycles. The molecule has 2 heterocycles. The van der Waals surface area contributed by atoms with Gasteiger partial charge in [-0.25, -0.2) is 4.79 Å². The third-order valence-corrected chi connectivity index (χ3v) is 3.62. The molecular formula is C17H18N4O3. The van der Waals surface area contributed by atoms with Crippen LogP contribution in [-0.2, 0) is 24.4 Å². The molecule has 0 bridgehead atoms. The molecule has 0 spiro atoms. The van der Waals surface area contributed by atoms with Crippen LogP contribution in [0, 0.1) is 0 Å². The zero-order valence-electron chi connectivity index (χ0n) is 13.3. The Balaban J connectivity index is 1.71. The molecule has 1 N–H and O–H groups in total. The number of hydrogen-bond acceptors (Lipinski definition) is 4. The molecule has 0 fully saturated rings. The SMILES string of the molecule is COCc1nn(Cc2ccc(Cn3cccn3)cc2)cc1C(=O)O. The summed E-state index contributed by atoms with van der Waals surface area (Å²) in [5.41, 5.74) is 2.80. The number of methoxy groups -OCH3 is 1. The Morgan fingerprint density at radius 3 is 2.38 bits per heavy atom. The van der Waals surface area contributed by atoms with Gasteiger partial charge in [-0.05, 0) is 17.2 Å². The van der Waals surface area contributed by atoms with Crippen molar-refractivity contribution in [2.24, 2.45) is 0 Å². The highest BCUT2D eigenvalue weighted by Crippen LogP contribution is 2.12. The summed E-state index contributed by atoms with van der Waals surface area (Å²) in [5.74, 6) is -0.997. The van der Waals surface area contributed by atoms with Gasteiger partial charge in [-0.3, -0.25) is 9.36 Å². The number of ether oxygens (including phenoxy) is 1. The van der Waals surface area contributed by atoms with Crippen molar-refractivity contribution in [1.29, 1.82) is 0 Å². The fraction of sp³-hybridized carbons (Fsp3) is 0.235. The monoisotopic (exact) mass is 326 g/mol. The lowest BCUT2D eigenvalue weighted by atomic mass is 10.1. The maximum Gasteiger partial charge on any atom is 0.339 e. The summed E-state index contributed by atoms with van der Waals surface area (Å²) in [7, 11) is 1.52. The van der Waals surface area contributed by atoms with Gasteiger partial charge in [0, 0.05) is 25.7 Å². The third kappa shape index (κ3) is 3.69. The fourth-order valence-corrected chi connectivity index (χ4v) is 2.48. The molecule has 0 radical (unpaired) electrons. The van der Waals surface area contributed by atoms with Gasteiger partial charge < -0.3 is 9.84 Å². The number of hydrogen-bond donors (Lipinski definition) is 1. The van der Waals surface area contributed by atoms with Crippen LogP contribution in [0.2, 0.25) is 0 Å². The zero-order valence-corrected chi connectivity index (χ0v) is 13.3. The van der Waals surface area contributed by atoms with E-state index in [0.29, 0.717) is 12.2 Å². The van der Waals surface area contributed by atoms with Gasteiger partial charge in [-0.1, -0.05) is 24.3 Å². The van der Waals surface area contributed by atoms with Gasteiger partial charge in [0.2, 0.25) is 0 Å². The van der Waals surface area contributed by atoms with E-state index in [-0.39, 0.29) is 12.2 Å². The van der Waals surface area contributed by atoms with Crippen LogP contribution >= 0.6 is 0 Å². The van der Waals surface area contributed by atoms with Gasteiger partial charge in [0.1, 0.15) is 11.3 Å². The Kier molecular flexibility index (Phi) is 4.72.